The summed E-state index contributed by atoms with van der Waals surface area (Å²) >= 11 is 0. The number of hydrogen-bond acceptors (Lipinski definition) is 3. The van der Waals surface area contributed by atoms with Gasteiger partial charge in [-0.1, -0.05) is 23.3 Å². The number of para-hydroxylation sites is 1. The van der Waals surface area contributed by atoms with Crippen LogP contribution in [0.25, 0.3) is 21.3 Å². The highest BCUT2D eigenvalue weighted by atomic mass is 16.2. The van der Waals surface area contributed by atoms with Gasteiger partial charge in [0.25, 0.3) is 0 Å². The Bertz CT molecular complexity index is 738. The third kappa shape index (κ3) is 3.18. The Morgan fingerprint density at radius 2 is 2.27 bits per heavy atom. The third-order valence-electron chi connectivity index (χ3n) is 4.02. The number of rotatable bonds is 5. The van der Waals surface area contributed by atoms with Crippen LogP contribution in [0.1, 0.15) is 12.0 Å². The first-order valence-electron chi connectivity index (χ1n) is 7.38. The lowest BCUT2D eigenvalue weighted by Crippen LogP contribution is -2.27. The first-order chi connectivity index (χ1) is 10.8. The smallest absolute Gasteiger partial charge is 0.222 e. The summed E-state index contributed by atoms with van der Waals surface area (Å²) in [6.45, 7) is 1.76. The molecule has 3 rings (SSSR count). The van der Waals surface area contributed by atoms with E-state index in [0.29, 0.717) is 26.1 Å². The lowest BCUT2D eigenvalue weighted by molar-refractivity contribution is -0.127. The van der Waals surface area contributed by atoms with Crippen molar-refractivity contribution in [1.29, 1.82) is 0 Å². The molecule has 0 spiro atoms. The summed E-state index contributed by atoms with van der Waals surface area (Å²) < 4.78 is 0. The Balaban J connectivity index is 1.61. The van der Waals surface area contributed by atoms with Gasteiger partial charge in [0, 0.05) is 42.5 Å². The maximum absolute atomic E-state index is 12.0. The van der Waals surface area contributed by atoms with E-state index < -0.39 is 0 Å². The molecule has 0 radical (unpaired) electrons. The Morgan fingerprint density at radius 3 is 3.14 bits per heavy atom. The second-order valence-corrected chi connectivity index (χ2v) is 5.61. The molecular formula is C16H17N5O. The van der Waals surface area contributed by atoms with Gasteiger partial charge in [-0.2, -0.15) is 0 Å². The molecule has 0 aliphatic carbocycles. The number of benzene rings is 1. The van der Waals surface area contributed by atoms with Crippen molar-refractivity contribution in [3.8, 4) is 0 Å². The van der Waals surface area contributed by atoms with Crippen molar-refractivity contribution in [2.24, 2.45) is 11.0 Å². The number of aromatic nitrogens is 1. The number of nitrogens with zero attached hydrogens (tertiary/aromatic N) is 5. The second-order valence-electron chi connectivity index (χ2n) is 5.61. The molecule has 1 aromatic carbocycles. The number of azide groups is 1. The van der Waals surface area contributed by atoms with Gasteiger partial charge in [0.05, 0.1) is 5.52 Å². The largest absolute Gasteiger partial charge is 0.342 e. The zero-order valence-electron chi connectivity index (χ0n) is 12.2. The highest BCUT2D eigenvalue weighted by molar-refractivity contribution is 5.79. The van der Waals surface area contributed by atoms with Crippen molar-refractivity contribution in [1.82, 2.24) is 9.88 Å². The maximum atomic E-state index is 12.0. The maximum Gasteiger partial charge on any atom is 0.222 e. The summed E-state index contributed by atoms with van der Waals surface area (Å²) in [5, 5.41) is 4.69. The van der Waals surface area contributed by atoms with Crippen LogP contribution in [0, 0.1) is 5.92 Å². The fourth-order valence-electron chi connectivity index (χ4n) is 2.86. The van der Waals surface area contributed by atoms with Crippen molar-refractivity contribution < 1.29 is 4.79 Å². The average Bonchev–Trinajstić information content (AvgIpc) is 2.90. The van der Waals surface area contributed by atoms with Crippen LogP contribution in [0.4, 0.5) is 0 Å². The molecule has 1 aromatic heterocycles. The van der Waals surface area contributed by atoms with E-state index in [1.54, 1.807) is 0 Å². The van der Waals surface area contributed by atoms with Crippen LogP contribution in [0.5, 0.6) is 0 Å². The van der Waals surface area contributed by atoms with Gasteiger partial charge in [0.1, 0.15) is 0 Å². The lowest BCUT2D eigenvalue weighted by Gasteiger charge is -2.16. The molecule has 1 fully saturated rings. The van der Waals surface area contributed by atoms with Crippen LogP contribution in [0.15, 0.2) is 41.6 Å². The van der Waals surface area contributed by atoms with Gasteiger partial charge < -0.3 is 4.90 Å². The number of pyridine rings is 1. The summed E-state index contributed by atoms with van der Waals surface area (Å²) in [7, 11) is 0. The number of fused-ring (bicyclic) bond motifs is 1. The standard InChI is InChI=1S/C16H17N5O/c17-20-19-10-13-8-16(22)21(11-13)6-5-12-7-14-3-1-2-4-15(14)18-9-12/h1-4,7,9,13H,5-6,8,10-11H2. The van der Waals surface area contributed by atoms with Gasteiger partial charge >= 0.3 is 0 Å². The topological polar surface area (TPSA) is 82.0 Å². The van der Waals surface area contributed by atoms with Crippen molar-refractivity contribution in [2.75, 3.05) is 19.6 Å². The first-order valence-corrected chi connectivity index (χ1v) is 7.38. The minimum atomic E-state index is 0.145. The monoisotopic (exact) mass is 295 g/mol. The quantitative estimate of drug-likeness (QED) is 0.482. The van der Waals surface area contributed by atoms with E-state index >= 15 is 0 Å². The Labute approximate surface area is 128 Å². The number of likely N-dealkylation sites (tertiary alicyclic amines) is 1. The first kappa shape index (κ1) is 14.4. The minimum Gasteiger partial charge on any atom is -0.342 e. The zero-order chi connectivity index (χ0) is 15.4. The fraction of sp³-hybridized carbons (Fsp3) is 0.375. The molecular weight excluding hydrogens is 278 g/mol. The molecule has 1 atom stereocenters. The molecule has 1 aliphatic rings. The normalized spacial score (nSPS) is 17.7. The van der Waals surface area contributed by atoms with Crippen molar-refractivity contribution in [3.63, 3.8) is 0 Å². The highest BCUT2D eigenvalue weighted by Gasteiger charge is 2.28. The number of carbonyl (C=O) groups is 1. The number of hydrogen-bond donors (Lipinski definition) is 0. The van der Waals surface area contributed by atoms with Crippen LogP contribution in [-0.4, -0.2) is 35.4 Å². The van der Waals surface area contributed by atoms with Crippen LogP contribution >= 0.6 is 0 Å². The number of carbonyl (C=O) groups excluding carboxylic acids is 1. The van der Waals surface area contributed by atoms with Crippen molar-refractivity contribution in [3.05, 3.63) is 52.5 Å². The van der Waals surface area contributed by atoms with Gasteiger partial charge in [0.15, 0.2) is 0 Å². The van der Waals surface area contributed by atoms with E-state index in [1.165, 1.54) is 0 Å². The van der Waals surface area contributed by atoms with Crippen LogP contribution in [0.3, 0.4) is 0 Å². The van der Waals surface area contributed by atoms with Crippen LogP contribution < -0.4 is 0 Å². The third-order valence-corrected chi connectivity index (χ3v) is 4.02. The van der Waals surface area contributed by atoms with E-state index in [1.807, 2.05) is 35.4 Å². The molecule has 0 saturated carbocycles. The van der Waals surface area contributed by atoms with Crippen molar-refractivity contribution >= 4 is 16.8 Å². The molecule has 1 unspecified atom stereocenters. The molecule has 112 valence electrons. The zero-order valence-corrected chi connectivity index (χ0v) is 12.2. The molecule has 1 saturated heterocycles. The van der Waals surface area contributed by atoms with Crippen LogP contribution in [0.2, 0.25) is 0 Å². The van der Waals surface area contributed by atoms with Gasteiger partial charge in [-0.15, -0.1) is 0 Å². The van der Waals surface area contributed by atoms with E-state index in [9.17, 15) is 4.79 Å². The second kappa shape index (κ2) is 6.45. The van der Waals surface area contributed by atoms with E-state index in [2.05, 4.69) is 21.1 Å². The molecule has 0 bridgehead atoms. The summed E-state index contributed by atoms with van der Waals surface area (Å²) in [4.78, 5) is 21.0. The number of amides is 1. The summed E-state index contributed by atoms with van der Waals surface area (Å²) in [5.41, 5.74) is 10.5. The van der Waals surface area contributed by atoms with E-state index in [4.69, 9.17) is 5.53 Å². The van der Waals surface area contributed by atoms with Gasteiger partial charge in [-0.05, 0) is 35.6 Å². The lowest BCUT2D eigenvalue weighted by atomic mass is 10.1. The summed E-state index contributed by atoms with van der Waals surface area (Å²) in [6.07, 6.45) is 3.15. The molecule has 6 heteroatoms. The van der Waals surface area contributed by atoms with Gasteiger partial charge in [-0.3, -0.25) is 9.78 Å². The molecule has 6 nitrogen and oxygen atoms in total. The fourth-order valence-corrected chi connectivity index (χ4v) is 2.86. The molecule has 1 amide bonds. The minimum absolute atomic E-state index is 0.145. The predicted octanol–water partition coefficient (Wildman–Crippen LogP) is 2.94. The Hall–Kier alpha value is -2.59. The Morgan fingerprint density at radius 1 is 1.41 bits per heavy atom. The molecule has 2 heterocycles. The van der Waals surface area contributed by atoms with Crippen molar-refractivity contribution in [2.45, 2.75) is 12.8 Å². The predicted molar refractivity (Wildman–Crippen MR) is 84.1 cm³/mol. The Kier molecular flexibility index (Phi) is 4.21. The van der Waals surface area contributed by atoms with E-state index in [0.717, 1.165) is 22.9 Å². The average molecular weight is 295 g/mol. The summed E-state index contributed by atoms with van der Waals surface area (Å²) in [5.74, 6) is 0.296. The van der Waals surface area contributed by atoms with Crippen LogP contribution in [-0.2, 0) is 11.2 Å². The molecule has 0 N–H and O–H groups in total. The van der Waals surface area contributed by atoms with Gasteiger partial charge in [-0.25, -0.2) is 0 Å². The molecule has 1 aliphatic heterocycles. The summed E-state index contributed by atoms with van der Waals surface area (Å²) in [6, 6.07) is 10.1. The molecule has 22 heavy (non-hydrogen) atoms. The van der Waals surface area contributed by atoms with Gasteiger partial charge in [0.2, 0.25) is 5.91 Å². The molecule has 2 aromatic rings. The highest BCUT2D eigenvalue weighted by Crippen LogP contribution is 2.19. The van der Waals surface area contributed by atoms with E-state index in [-0.39, 0.29) is 11.8 Å². The SMILES string of the molecule is [N-]=[N+]=NCC1CC(=O)N(CCc2cnc3ccccc3c2)C1.